The number of benzene rings is 1. The molecule has 4 heteroatoms. The van der Waals surface area contributed by atoms with Crippen molar-refractivity contribution in [2.45, 2.75) is 13.5 Å². The molecule has 1 atom stereocenters. The lowest BCUT2D eigenvalue weighted by molar-refractivity contribution is 0.593. The van der Waals surface area contributed by atoms with Gasteiger partial charge in [-0.2, -0.15) is 5.26 Å². The molecule has 1 aromatic carbocycles. The molecule has 80 valence electrons. The number of nitrogens with one attached hydrogen (secondary N) is 1. The van der Waals surface area contributed by atoms with Gasteiger partial charge in [0.05, 0.1) is 12.0 Å². The Morgan fingerprint density at radius 3 is 2.87 bits per heavy atom. The third-order valence-electron chi connectivity index (χ3n) is 1.92. The molecule has 0 saturated carbocycles. The highest BCUT2D eigenvalue weighted by Gasteiger charge is 2.01. The van der Waals surface area contributed by atoms with Gasteiger partial charge < -0.3 is 5.32 Å². The van der Waals surface area contributed by atoms with Crippen LogP contribution in [-0.4, -0.2) is 6.54 Å². The molecule has 1 rings (SSSR count). The van der Waals surface area contributed by atoms with Gasteiger partial charge in [-0.25, -0.2) is 4.39 Å². The molecule has 0 saturated heterocycles. The van der Waals surface area contributed by atoms with Crippen molar-refractivity contribution in [1.29, 1.82) is 5.26 Å². The molecule has 0 heterocycles. The van der Waals surface area contributed by atoms with E-state index in [2.05, 4.69) is 11.4 Å². The molecule has 2 nitrogen and oxygen atoms in total. The zero-order chi connectivity index (χ0) is 11.3. The van der Waals surface area contributed by atoms with E-state index in [0.29, 0.717) is 18.1 Å². The maximum Gasteiger partial charge on any atom is 0.125 e. The summed E-state index contributed by atoms with van der Waals surface area (Å²) < 4.78 is 12.9. The minimum atomic E-state index is -0.340. The molecular formula is C11H12ClFN2. The van der Waals surface area contributed by atoms with Crippen molar-refractivity contribution in [2.24, 2.45) is 5.92 Å². The lowest BCUT2D eigenvalue weighted by Crippen LogP contribution is -2.19. The van der Waals surface area contributed by atoms with Gasteiger partial charge in [0.2, 0.25) is 0 Å². The highest BCUT2D eigenvalue weighted by Crippen LogP contribution is 2.13. The summed E-state index contributed by atoms with van der Waals surface area (Å²) in [6.07, 6.45) is 0. The predicted octanol–water partition coefficient (Wildman–Crippen LogP) is 2.73. The molecule has 0 fully saturated rings. The standard InChI is InChI=1S/C11H12ClFN2/c1-8(5-14)6-15-7-9-2-10(12)4-11(13)3-9/h2-4,8,15H,6-7H2,1H3. The van der Waals surface area contributed by atoms with E-state index < -0.39 is 0 Å². The van der Waals surface area contributed by atoms with Crippen molar-refractivity contribution < 1.29 is 4.39 Å². The highest BCUT2D eigenvalue weighted by molar-refractivity contribution is 6.30. The molecule has 1 N–H and O–H groups in total. The lowest BCUT2D eigenvalue weighted by atomic mass is 10.2. The molecule has 1 unspecified atom stereocenters. The Morgan fingerprint density at radius 1 is 1.53 bits per heavy atom. The number of hydrogen-bond acceptors (Lipinski definition) is 2. The van der Waals surface area contributed by atoms with Crippen LogP contribution < -0.4 is 5.32 Å². The zero-order valence-electron chi connectivity index (χ0n) is 8.43. The van der Waals surface area contributed by atoms with E-state index in [-0.39, 0.29) is 11.7 Å². The summed E-state index contributed by atoms with van der Waals surface area (Å²) in [5, 5.41) is 12.0. The number of nitrogens with zero attached hydrogens (tertiary/aromatic N) is 1. The van der Waals surface area contributed by atoms with Crippen LogP contribution >= 0.6 is 11.6 Å². The van der Waals surface area contributed by atoms with Gasteiger partial charge in [-0.05, 0) is 30.7 Å². The Morgan fingerprint density at radius 2 is 2.27 bits per heavy atom. The minimum Gasteiger partial charge on any atom is -0.311 e. The molecule has 0 aliphatic carbocycles. The predicted molar refractivity (Wildman–Crippen MR) is 57.9 cm³/mol. The van der Waals surface area contributed by atoms with Crippen LogP contribution in [0.4, 0.5) is 4.39 Å². The first kappa shape index (κ1) is 12.0. The minimum absolute atomic E-state index is 0.0472. The Hall–Kier alpha value is -1.11. The van der Waals surface area contributed by atoms with E-state index >= 15 is 0 Å². The molecule has 15 heavy (non-hydrogen) atoms. The number of halogens is 2. The Bertz CT molecular complexity index is 353. The fraction of sp³-hybridized carbons (Fsp3) is 0.364. The summed E-state index contributed by atoms with van der Waals surface area (Å²) in [5.74, 6) is -0.387. The Labute approximate surface area is 93.7 Å². The zero-order valence-corrected chi connectivity index (χ0v) is 9.18. The van der Waals surface area contributed by atoms with E-state index in [0.717, 1.165) is 5.56 Å². The summed E-state index contributed by atoms with van der Waals surface area (Å²) in [6, 6.07) is 6.51. The first-order valence-corrected chi connectivity index (χ1v) is 5.05. The first-order chi connectivity index (χ1) is 7.11. The maximum atomic E-state index is 12.9. The normalized spacial score (nSPS) is 12.1. The van der Waals surface area contributed by atoms with Gasteiger partial charge in [-0.3, -0.25) is 0 Å². The molecule has 0 aromatic heterocycles. The molecule has 0 aliphatic rings. The van der Waals surface area contributed by atoms with E-state index in [9.17, 15) is 4.39 Å². The molecule has 0 radical (unpaired) electrons. The number of nitriles is 1. The van der Waals surface area contributed by atoms with E-state index in [1.165, 1.54) is 12.1 Å². The van der Waals surface area contributed by atoms with Crippen molar-refractivity contribution >= 4 is 11.6 Å². The first-order valence-electron chi connectivity index (χ1n) is 4.67. The Kier molecular flexibility index (Phi) is 4.54. The third kappa shape index (κ3) is 4.28. The summed E-state index contributed by atoms with van der Waals surface area (Å²) in [6.45, 7) is 2.93. The molecule has 0 aliphatic heterocycles. The van der Waals surface area contributed by atoms with Gasteiger partial charge in [0, 0.05) is 18.1 Å². The van der Waals surface area contributed by atoms with Crippen LogP contribution in [0.15, 0.2) is 18.2 Å². The van der Waals surface area contributed by atoms with Gasteiger partial charge in [0.1, 0.15) is 5.82 Å². The average Bonchev–Trinajstić information content (AvgIpc) is 2.16. The van der Waals surface area contributed by atoms with Crippen LogP contribution in [-0.2, 0) is 6.54 Å². The quantitative estimate of drug-likeness (QED) is 0.857. The molecule has 0 amide bonds. The van der Waals surface area contributed by atoms with Crippen molar-refractivity contribution in [1.82, 2.24) is 5.32 Å². The summed E-state index contributed by atoms with van der Waals surface area (Å²) in [5.41, 5.74) is 0.783. The fourth-order valence-corrected chi connectivity index (χ4v) is 1.44. The van der Waals surface area contributed by atoms with Gasteiger partial charge in [-0.1, -0.05) is 11.6 Å². The number of rotatable bonds is 4. The summed E-state index contributed by atoms with van der Waals surface area (Å²) in [7, 11) is 0. The third-order valence-corrected chi connectivity index (χ3v) is 2.14. The van der Waals surface area contributed by atoms with Crippen molar-refractivity contribution in [2.75, 3.05) is 6.54 Å². The second-order valence-electron chi connectivity index (χ2n) is 3.44. The van der Waals surface area contributed by atoms with Crippen LogP contribution in [0.1, 0.15) is 12.5 Å². The largest absolute Gasteiger partial charge is 0.311 e. The van der Waals surface area contributed by atoms with Crippen LogP contribution in [0, 0.1) is 23.1 Å². The topological polar surface area (TPSA) is 35.8 Å². The number of hydrogen-bond donors (Lipinski definition) is 1. The van der Waals surface area contributed by atoms with Gasteiger partial charge in [-0.15, -0.1) is 0 Å². The monoisotopic (exact) mass is 226 g/mol. The molecule has 1 aromatic rings. The maximum absolute atomic E-state index is 12.9. The summed E-state index contributed by atoms with van der Waals surface area (Å²) >= 11 is 5.70. The highest BCUT2D eigenvalue weighted by atomic mass is 35.5. The van der Waals surface area contributed by atoms with Crippen molar-refractivity contribution in [3.63, 3.8) is 0 Å². The van der Waals surface area contributed by atoms with E-state index in [1.807, 2.05) is 6.92 Å². The Balaban J connectivity index is 2.48. The smallest absolute Gasteiger partial charge is 0.125 e. The van der Waals surface area contributed by atoms with Gasteiger partial charge >= 0.3 is 0 Å². The van der Waals surface area contributed by atoms with Crippen molar-refractivity contribution in [3.05, 3.63) is 34.6 Å². The van der Waals surface area contributed by atoms with Crippen molar-refractivity contribution in [3.8, 4) is 6.07 Å². The average molecular weight is 227 g/mol. The second kappa shape index (κ2) is 5.69. The molecule has 0 spiro atoms. The van der Waals surface area contributed by atoms with E-state index in [1.54, 1.807) is 6.07 Å². The summed E-state index contributed by atoms with van der Waals surface area (Å²) in [4.78, 5) is 0. The second-order valence-corrected chi connectivity index (χ2v) is 3.88. The lowest BCUT2D eigenvalue weighted by Gasteiger charge is -2.06. The van der Waals surface area contributed by atoms with Gasteiger partial charge in [0.25, 0.3) is 0 Å². The SMILES string of the molecule is CC(C#N)CNCc1cc(F)cc(Cl)c1. The van der Waals surface area contributed by atoms with Crippen LogP contribution in [0.5, 0.6) is 0 Å². The fourth-order valence-electron chi connectivity index (χ4n) is 1.19. The van der Waals surface area contributed by atoms with Crippen LogP contribution in [0.25, 0.3) is 0 Å². The van der Waals surface area contributed by atoms with Crippen LogP contribution in [0.2, 0.25) is 5.02 Å². The van der Waals surface area contributed by atoms with Crippen LogP contribution in [0.3, 0.4) is 0 Å². The molecular weight excluding hydrogens is 215 g/mol. The van der Waals surface area contributed by atoms with Gasteiger partial charge in [0.15, 0.2) is 0 Å². The van der Waals surface area contributed by atoms with E-state index in [4.69, 9.17) is 16.9 Å². The molecule has 0 bridgehead atoms.